The van der Waals surface area contributed by atoms with Gasteiger partial charge in [0.2, 0.25) is 11.7 Å². The lowest BCUT2D eigenvalue weighted by molar-refractivity contribution is -0.146. The molecule has 3 heterocycles. The molecule has 2 N–H and O–H groups in total. The Bertz CT molecular complexity index is 827. The fraction of sp³-hybridized carbons (Fsp3) is 0.500. The van der Waals surface area contributed by atoms with Crippen LogP contribution in [0.15, 0.2) is 24.3 Å². The van der Waals surface area contributed by atoms with Crippen molar-refractivity contribution in [2.75, 3.05) is 20.1 Å². The number of carbonyl (C=O) groups is 2. The minimum Gasteiger partial charge on any atom is -0.481 e. The lowest BCUT2D eigenvalue weighted by Crippen LogP contribution is -2.55. The van der Waals surface area contributed by atoms with E-state index in [9.17, 15) is 14.7 Å². The highest BCUT2D eigenvalue weighted by Gasteiger charge is 2.55. The summed E-state index contributed by atoms with van der Waals surface area (Å²) >= 11 is 0. The molecule has 9 nitrogen and oxygen atoms in total. The van der Waals surface area contributed by atoms with Crippen molar-refractivity contribution >= 4 is 11.9 Å². The van der Waals surface area contributed by atoms with E-state index in [0.29, 0.717) is 18.7 Å². The van der Waals surface area contributed by atoms with Crippen molar-refractivity contribution in [1.82, 2.24) is 30.4 Å². The van der Waals surface area contributed by atoms with Crippen LogP contribution in [0.3, 0.4) is 0 Å². The summed E-state index contributed by atoms with van der Waals surface area (Å²) in [6.45, 7) is 2.33. The molecule has 142 valence electrons. The van der Waals surface area contributed by atoms with Gasteiger partial charge >= 0.3 is 5.97 Å². The van der Waals surface area contributed by atoms with E-state index in [4.69, 9.17) is 0 Å². The number of carboxylic acids is 1. The monoisotopic (exact) mass is 370 g/mol. The van der Waals surface area contributed by atoms with Gasteiger partial charge in [-0.05, 0) is 23.6 Å². The Morgan fingerprint density at radius 2 is 2.00 bits per heavy atom. The third kappa shape index (κ3) is 3.08. The van der Waals surface area contributed by atoms with Gasteiger partial charge in [-0.2, -0.15) is 5.21 Å². The number of aliphatic carboxylic acids is 1. The maximum absolute atomic E-state index is 12.1. The van der Waals surface area contributed by atoms with Crippen LogP contribution in [0.2, 0.25) is 0 Å². The Balaban J connectivity index is 1.41. The average Bonchev–Trinajstić information content (AvgIpc) is 3.28. The molecule has 2 aliphatic rings. The van der Waals surface area contributed by atoms with E-state index in [1.165, 1.54) is 5.56 Å². The predicted molar refractivity (Wildman–Crippen MR) is 95.4 cm³/mol. The molecule has 27 heavy (non-hydrogen) atoms. The quantitative estimate of drug-likeness (QED) is 0.816. The predicted octanol–water partition coefficient (Wildman–Crippen LogP) is 0.764. The van der Waals surface area contributed by atoms with Crippen molar-refractivity contribution in [2.45, 2.75) is 31.3 Å². The number of carbonyl (C=O) groups excluding carboxylic acids is 1. The Kier molecular flexibility index (Phi) is 4.39. The molecular formula is C18H22N6O3. The van der Waals surface area contributed by atoms with E-state index in [-0.39, 0.29) is 12.3 Å². The van der Waals surface area contributed by atoms with Gasteiger partial charge in [-0.3, -0.25) is 14.5 Å². The first-order valence-electron chi connectivity index (χ1n) is 9.04. The molecule has 2 saturated heterocycles. The van der Waals surface area contributed by atoms with E-state index in [0.717, 1.165) is 25.2 Å². The van der Waals surface area contributed by atoms with Crippen LogP contribution in [0.1, 0.15) is 24.8 Å². The number of amides is 1. The third-order valence-electron chi connectivity index (χ3n) is 6.05. The molecule has 1 aromatic carbocycles. The first kappa shape index (κ1) is 17.6. The van der Waals surface area contributed by atoms with Gasteiger partial charge in [-0.1, -0.05) is 24.3 Å². The summed E-state index contributed by atoms with van der Waals surface area (Å²) in [4.78, 5) is 27.7. The zero-order valence-electron chi connectivity index (χ0n) is 15.1. The van der Waals surface area contributed by atoms with Gasteiger partial charge in [0.05, 0.1) is 11.5 Å². The molecule has 2 aromatic rings. The van der Waals surface area contributed by atoms with Crippen LogP contribution in [0.4, 0.5) is 0 Å². The molecule has 4 rings (SSSR count). The van der Waals surface area contributed by atoms with Crippen molar-refractivity contribution in [1.29, 1.82) is 0 Å². The minimum atomic E-state index is -0.863. The maximum atomic E-state index is 12.1. The minimum absolute atomic E-state index is 0.0621. The van der Waals surface area contributed by atoms with Gasteiger partial charge in [0.25, 0.3) is 0 Å². The number of likely N-dealkylation sites (tertiary alicyclic amines) is 2. The SMILES string of the molecule is CN1C(=O)C[C@@H](C(=O)O)C12CCN(Cc1ccc(-c3nn[nH]n3)cc1)CC2. The number of carboxylic acid groups (broad SMARTS) is 1. The lowest BCUT2D eigenvalue weighted by atomic mass is 9.77. The lowest BCUT2D eigenvalue weighted by Gasteiger charge is -2.45. The van der Waals surface area contributed by atoms with Crippen LogP contribution in [0, 0.1) is 5.92 Å². The highest BCUT2D eigenvalue weighted by Crippen LogP contribution is 2.43. The van der Waals surface area contributed by atoms with Gasteiger partial charge in [0.15, 0.2) is 0 Å². The first-order chi connectivity index (χ1) is 13.0. The van der Waals surface area contributed by atoms with Gasteiger partial charge in [-0.15, -0.1) is 10.2 Å². The van der Waals surface area contributed by atoms with E-state index in [1.807, 2.05) is 24.3 Å². The van der Waals surface area contributed by atoms with E-state index in [2.05, 4.69) is 25.5 Å². The van der Waals surface area contributed by atoms with E-state index < -0.39 is 17.4 Å². The number of hydrogen-bond acceptors (Lipinski definition) is 6. The number of nitrogens with zero attached hydrogens (tertiary/aromatic N) is 5. The molecule has 2 fully saturated rings. The summed E-state index contributed by atoms with van der Waals surface area (Å²) in [5.41, 5.74) is 1.53. The van der Waals surface area contributed by atoms with Crippen molar-refractivity contribution in [3.8, 4) is 11.4 Å². The number of benzene rings is 1. The van der Waals surface area contributed by atoms with Gasteiger partial charge in [0.1, 0.15) is 0 Å². The number of hydrogen-bond donors (Lipinski definition) is 2. The van der Waals surface area contributed by atoms with Crippen molar-refractivity contribution in [3.63, 3.8) is 0 Å². The molecule has 0 unspecified atom stereocenters. The Hall–Kier alpha value is -2.81. The molecule has 0 radical (unpaired) electrons. The zero-order chi connectivity index (χ0) is 19.0. The second-order valence-corrected chi connectivity index (χ2v) is 7.36. The third-order valence-corrected chi connectivity index (χ3v) is 6.05. The number of piperidine rings is 1. The Morgan fingerprint density at radius 1 is 1.30 bits per heavy atom. The summed E-state index contributed by atoms with van der Waals surface area (Å²) < 4.78 is 0. The highest BCUT2D eigenvalue weighted by atomic mass is 16.4. The largest absolute Gasteiger partial charge is 0.481 e. The number of rotatable bonds is 4. The number of H-pyrrole nitrogens is 1. The second-order valence-electron chi connectivity index (χ2n) is 7.36. The van der Waals surface area contributed by atoms with Crippen molar-refractivity contribution in [3.05, 3.63) is 29.8 Å². The standard InChI is InChI=1S/C18H22N6O3/c1-23-15(25)10-14(17(26)27)18(23)6-8-24(9-7-18)11-12-2-4-13(5-3-12)16-19-21-22-20-16/h2-5,14H,6-11H2,1H3,(H,26,27)(H,19,20,21,22)/t14-/m0/s1. The summed E-state index contributed by atoms with van der Waals surface area (Å²) in [6, 6.07) is 8.02. The summed E-state index contributed by atoms with van der Waals surface area (Å²) in [7, 11) is 1.75. The topological polar surface area (TPSA) is 115 Å². The fourth-order valence-corrected chi connectivity index (χ4v) is 4.38. The Morgan fingerprint density at radius 3 is 2.59 bits per heavy atom. The number of aromatic nitrogens is 4. The molecule has 0 bridgehead atoms. The van der Waals surface area contributed by atoms with Gasteiger partial charge < -0.3 is 10.0 Å². The summed E-state index contributed by atoms with van der Waals surface area (Å²) in [6.07, 6.45) is 1.49. The summed E-state index contributed by atoms with van der Waals surface area (Å²) in [5.74, 6) is -0.965. The summed E-state index contributed by atoms with van der Waals surface area (Å²) in [5, 5.41) is 23.5. The average molecular weight is 370 g/mol. The number of nitrogens with one attached hydrogen (secondary N) is 1. The van der Waals surface area contributed by atoms with Crippen LogP contribution in [0.5, 0.6) is 0 Å². The van der Waals surface area contributed by atoms with Crippen LogP contribution >= 0.6 is 0 Å². The molecule has 0 saturated carbocycles. The maximum Gasteiger partial charge on any atom is 0.309 e. The van der Waals surface area contributed by atoms with Crippen LogP contribution < -0.4 is 0 Å². The molecular weight excluding hydrogens is 348 g/mol. The smallest absolute Gasteiger partial charge is 0.309 e. The molecule has 1 spiro atoms. The molecule has 9 heteroatoms. The van der Waals surface area contributed by atoms with Crippen LogP contribution in [-0.4, -0.2) is 73.1 Å². The van der Waals surface area contributed by atoms with E-state index >= 15 is 0 Å². The number of tetrazole rings is 1. The zero-order valence-corrected chi connectivity index (χ0v) is 15.1. The molecule has 2 aliphatic heterocycles. The number of aromatic amines is 1. The molecule has 1 atom stereocenters. The fourth-order valence-electron chi connectivity index (χ4n) is 4.38. The van der Waals surface area contributed by atoms with Crippen LogP contribution in [-0.2, 0) is 16.1 Å². The van der Waals surface area contributed by atoms with Crippen LogP contribution in [0.25, 0.3) is 11.4 Å². The molecule has 1 amide bonds. The highest BCUT2D eigenvalue weighted by molar-refractivity contribution is 5.88. The van der Waals surface area contributed by atoms with Gasteiger partial charge in [0, 0.05) is 38.7 Å². The van der Waals surface area contributed by atoms with Crippen molar-refractivity contribution < 1.29 is 14.7 Å². The molecule has 1 aromatic heterocycles. The molecule has 0 aliphatic carbocycles. The first-order valence-corrected chi connectivity index (χ1v) is 9.04. The second kappa shape index (κ2) is 6.73. The Labute approximate surface area is 156 Å². The van der Waals surface area contributed by atoms with Crippen molar-refractivity contribution in [2.24, 2.45) is 5.92 Å². The van der Waals surface area contributed by atoms with Gasteiger partial charge in [-0.25, -0.2) is 0 Å². The normalized spacial score (nSPS) is 22.5. The van der Waals surface area contributed by atoms with E-state index in [1.54, 1.807) is 11.9 Å².